The van der Waals surface area contributed by atoms with Crippen molar-refractivity contribution in [3.63, 3.8) is 0 Å². The topological polar surface area (TPSA) is 15.7 Å². The van der Waals surface area contributed by atoms with Crippen LogP contribution in [0.1, 0.15) is 19.8 Å². The van der Waals surface area contributed by atoms with Gasteiger partial charge < -0.3 is 9.74 Å². The van der Waals surface area contributed by atoms with E-state index in [9.17, 15) is 8.78 Å². The maximum absolute atomic E-state index is 12.5. The van der Waals surface area contributed by atoms with E-state index in [2.05, 4.69) is 9.74 Å². The molecule has 0 saturated carbocycles. The Hall–Kier alpha value is -0.260. The Bertz CT molecular complexity index is 156. The van der Waals surface area contributed by atoms with E-state index in [1.807, 2.05) is 21.0 Å². The Morgan fingerprint density at radius 1 is 1.27 bits per heavy atom. The third-order valence-electron chi connectivity index (χ3n) is 2.40. The Morgan fingerprint density at radius 2 is 1.67 bits per heavy atom. The summed E-state index contributed by atoms with van der Waals surface area (Å²) in [5, 5.41) is 1.62. The van der Waals surface area contributed by atoms with Gasteiger partial charge in [-0.1, -0.05) is 6.92 Å². The second-order valence-corrected chi connectivity index (χ2v) is 3.79. The minimum Gasteiger partial charge on any atom is -0.303 e. The molecule has 92 valence electrons. The molecule has 0 amide bonds. The molecule has 0 aliphatic carbocycles. The average molecular weight is 224 g/mol. The first kappa shape index (κ1) is 14.7. The van der Waals surface area contributed by atoms with Crippen LogP contribution in [0.3, 0.4) is 0 Å². The zero-order valence-electron chi connectivity index (χ0n) is 10.1. The van der Waals surface area contributed by atoms with Gasteiger partial charge >= 0.3 is 0 Å². The van der Waals surface area contributed by atoms with Gasteiger partial charge in [0.25, 0.3) is 5.92 Å². The maximum atomic E-state index is 12.5. The maximum Gasteiger partial charge on any atom is 0.250 e. The number of hydrogen-bond acceptors (Lipinski definition) is 3. The number of halogens is 2. The second-order valence-electron chi connectivity index (χ2n) is 3.79. The summed E-state index contributed by atoms with van der Waals surface area (Å²) in [7, 11) is 5.29. The minimum atomic E-state index is -2.38. The first-order valence-corrected chi connectivity index (χ1v) is 5.23. The van der Waals surface area contributed by atoms with Crippen LogP contribution in [0.2, 0.25) is 0 Å². The Morgan fingerprint density at radius 3 is 1.93 bits per heavy atom. The highest BCUT2D eigenvalue weighted by Gasteiger charge is 2.33. The average Bonchev–Trinajstić information content (AvgIpc) is 2.19. The normalized spacial score (nSPS) is 21.0. The summed E-state index contributed by atoms with van der Waals surface area (Å²) < 4.78 is 25.0. The molecule has 0 aromatic rings. The molecule has 0 unspecified atom stereocenters. The van der Waals surface area contributed by atoms with Gasteiger partial charge in [-0.2, -0.15) is 5.06 Å². The zero-order valence-corrected chi connectivity index (χ0v) is 10.1. The number of hydrogen-bond donors (Lipinski definition) is 0. The molecule has 1 heterocycles. The number of piperidine rings is 1. The Labute approximate surface area is 90.9 Å². The van der Waals surface area contributed by atoms with Crippen LogP contribution in [0, 0.1) is 0 Å². The lowest BCUT2D eigenvalue weighted by atomic mass is 10.1. The fourth-order valence-electron chi connectivity index (χ4n) is 1.20. The molecule has 0 bridgehead atoms. The van der Waals surface area contributed by atoms with Gasteiger partial charge in [0, 0.05) is 40.0 Å². The molecular weight excluding hydrogens is 202 g/mol. The van der Waals surface area contributed by atoms with Crippen LogP contribution < -0.4 is 0 Å². The van der Waals surface area contributed by atoms with Crippen molar-refractivity contribution in [3.05, 3.63) is 0 Å². The number of hydroxylamine groups is 2. The lowest BCUT2D eigenvalue weighted by Crippen LogP contribution is -2.38. The van der Waals surface area contributed by atoms with Crippen molar-refractivity contribution in [3.8, 4) is 0 Å². The summed E-state index contributed by atoms with van der Waals surface area (Å²) in [6.45, 7) is 4.02. The van der Waals surface area contributed by atoms with Crippen LogP contribution in [0.5, 0.6) is 0 Å². The number of alkyl halides is 2. The molecule has 1 aliphatic rings. The highest BCUT2D eigenvalue weighted by molar-refractivity contribution is 4.76. The van der Waals surface area contributed by atoms with Crippen LogP contribution >= 0.6 is 0 Å². The van der Waals surface area contributed by atoms with Crippen molar-refractivity contribution in [2.45, 2.75) is 25.7 Å². The summed E-state index contributed by atoms with van der Waals surface area (Å²) in [6, 6.07) is 0. The van der Waals surface area contributed by atoms with E-state index in [-0.39, 0.29) is 12.8 Å². The van der Waals surface area contributed by atoms with Crippen LogP contribution in [0.4, 0.5) is 8.78 Å². The quantitative estimate of drug-likeness (QED) is 0.666. The summed E-state index contributed by atoms with van der Waals surface area (Å²) in [6.07, 6.45) is 0.0850. The first-order valence-electron chi connectivity index (χ1n) is 5.23. The number of rotatable bonds is 2. The third kappa shape index (κ3) is 7.64. The van der Waals surface area contributed by atoms with E-state index in [4.69, 9.17) is 0 Å². The van der Waals surface area contributed by atoms with E-state index in [0.29, 0.717) is 13.1 Å². The highest BCUT2D eigenvalue weighted by atomic mass is 19.3. The predicted molar refractivity (Wildman–Crippen MR) is 57.0 cm³/mol. The van der Waals surface area contributed by atoms with Crippen molar-refractivity contribution in [2.24, 2.45) is 0 Å². The van der Waals surface area contributed by atoms with Crippen LogP contribution in [0.25, 0.3) is 0 Å². The van der Waals surface area contributed by atoms with Gasteiger partial charge in [-0.3, -0.25) is 0 Å². The predicted octanol–water partition coefficient (Wildman–Crippen LogP) is 1.85. The highest BCUT2D eigenvalue weighted by Crippen LogP contribution is 2.27. The van der Waals surface area contributed by atoms with Gasteiger partial charge in [0.1, 0.15) is 0 Å². The molecule has 0 radical (unpaired) electrons. The molecule has 5 heteroatoms. The van der Waals surface area contributed by atoms with E-state index < -0.39 is 5.92 Å². The molecule has 1 aliphatic heterocycles. The van der Waals surface area contributed by atoms with E-state index in [1.54, 1.807) is 12.2 Å². The summed E-state index contributed by atoms with van der Waals surface area (Å²) in [4.78, 5) is 6.64. The molecule has 0 spiro atoms. The van der Waals surface area contributed by atoms with Crippen LogP contribution in [-0.4, -0.2) is 56.7 Å². The monoisotopic (exact) mass is 224 g/mol. The molecule has 15 heavy (non-hydrogen) atoms. The second kappa shape index (κ2) is 7.09. The van der Waals surface area contributed by atoms with Crippen molar-refractivity contribution in [2.75, 3.05) is 40.8 Å². The molecule has 1 saturated heterocycles. The number of likely N-dealkylation sites (tertiary alicyclic amines) is 1. The summed E-state index contributed by atoms with van der Waals surface area (Å²) in [5.74, 6) is -2.38. The van der Waals surface area contributed by atoms with Gasteiger partial charge in [-0.15, -0.1) is 0 Å². The Balaban J connectivity index is 0.000000336. The molecule has 0 aromatic carbocycles. The van der Waals surface area contributed by atoms with E-state index in [0.717, 1.165) is 6.54 Å². The van der Waals surface area contributed by atoms with Crippen molar-refractivity contribution in [1.82, 2.24) is 9.96 Å². The molecule has 0 aromatic heterocycles. The fourth-order valence-corrected chi connectivity index (χ4v) is 1.20. The van der Waals surface area contributed by atoms with Crippen molar-refractivity contribution >= 4 is 0 Å². The molecule has 1 rings (SSSR count). The molecule has 1 fully saturated rings. The lowest BCUT2D eigenvalue weighted by Gasteiger charge is -2.30. The molecule has 0 atom stereocenters. The third-order valence-corrected chi connectivity index (χ3v) is 2.40. The minimum absolute atomic E-state index is 0.0425. The van der Waals surface area contributed by atoms with E-state index in [1.165, 1.54) is 0 Å². The van der Waals surface area contributed by atoms with E-state index >= 15 is 0 Å². The lowest BCUT2D eigenvalue weighted by molar-refractivity contribution is -0.0855. The molecule has 3 nitrogen and oxygen atoms in total. The van der Waals surface area contributed by atoms with Gasteiger partial charge in [-0.05, 0) is 6.54 Å². The van der Waals surface area contributed by atoms with Gasteiger partial charge in [-0.25, -0.2) is 8.78 Å². The molecular formula is C10H22F2N2O. The van der Waals surface area contributed by atoms with Crippen molar-refractivity contribution < 1.29 is 13.6 Å². The summed E-state index contributed by atoms with van der Waals surface area (Å²) in [5.41, 5.74) is 0. The SMILES string of the molecule is CCN1CCC(F)(F)CC1.CON(C)C. The summed E-state index contributed by atoms with van der Waals surface area (Å²) >= 11 is 0. The van der Waals surface area contributed by atoms with Gasteiger partial charge in [0.05, 0.1) is 7.11 Å². The standard InChI is InChI=1S/C7H13F2N.C3H9NO/c1-2-10-5-3-7(8,9)4-6-10;1-4(2)5-3/h2-6H2,1H3;1-3H3. The van der Waals surface area contributed by atoms with Crippen molar-refractivity contribution in [1.29, 1.82) is 0 Å². The van der Waals surface area contributed by atoms with Gasteiger partial charge in [0.15, 0.2) is 0 Å². The fraction of sp³-hybridized carbons (Fsp3) is 1.00. The largest absolute Gasteiger partial charge is 0.303 e. The Kier molecular flexibility index (Phi) is 6.96. The van der Waals surface area contributed by atoms with Crippen LogP contribution in [-0.2, 0) is 4.84 Å². The van der Waals surface area contributed by atoms with Gasteiger partial charge in [0.2, 0.25) is 0 Å². The zero-order chi connectivity index (χ0) is 11.9. The number of nitrogens with zero attached hydrogens (tertiary/aromatic N) is 2. The molecule has 0 N–H and O–H groups in total. The first-order chi connectivity index (χ1) is 6.91. The smallest absolute Gasteiger partial charge is 0.250 e. The van der Waals surface area contributed by atoms with Crippen LogP contribution in [0.15, 0.2) is 0 Å².